The normalized spacial score (nSPS) is 14.3. The first-order chi connectivity index (χ1) is 9.67. The van der Waals surface area contributed by atoms with Crippen LogP contribution in [0.3, 0.4) is 0 Å². The number of rotatable bonds is 5. The zero-order valence-electron chi connectivity index (χ0n) is 11.8. The first kappa shape index (κ1) is 12.8. The van der Waals surface area contributed by atoms with E-state index >= 15 is 0 Å². The molecule has 0 unspecified atom stereocenters. The summed E-state index contributed by atoms with van der Waals surface area (Å²) in [4.78, 5) is 0. The minimum absolute atomic E-state index is 0.160. The molecule has 0 radical (unpaired) electrons. The molecular weight excluding hydrogens is 254 g/mol. The molecule has 0 bridgehead atoms. The molecule has 106 valence electrons. The average molecular weight is 273 g/mol. The number of hydrogen-bond acceptors (Lipinski definition) is 4. The highest BCUT2D eigenvalue weighted by Crippen LogP contribution is 2.40. The fraction of sp³-hybridized carbons (Fsp3) is 0.400. The van der Waals surface area contributed by atoms with Crippen molar-refractivity contribution in [2.45, 2.75) is 25.3 Å². The van der Waals surface area contributed by atoms with Crippen LogP contribution < -0.4 is 10.1 Å². The van der Waals surface area contributed by atoms with Crippen LogP contribution in [0, 0.1) is 0 Å². The monoisotopic (exact) mass is 273 g/mol. The van der Waals surface area contributed by atoms with Gasteiger partial charge in [-0.2, -0.15) is 5.10 Å². The van der Waals surface area contributed by atoms with E-state index in [9.17, 15) is 5.11 Å². The number of aromatic hydroxyl groups is 1. The molecule has 2 N–H and O–H groups in total. The number of nitrogens with zero attached hydrogens (tertiary/aromatic N) is 2. The van der Waals surface area contributed by atoms with Crippen molar-refractivity contribution >= 4 is 5.82 Å². The Morgan fingerprint density at radius 3 is 2.90 bits per heavy atom. The van der Waals surface area contributed by atoms with Crippen molar-refractivity contribution in [2.75, 3.05) is 12.4 Å². The Morgan fingerprint density at radius 2 is 2.20 bits per heavy atom. The molecule has 3 rings (SSSR count). The molecule has 1 aliphatic carbocycles. The van der Waals surface area contributed by atoms with Gasteiger partial charge in [0.2, 0.25) is 0 Å². The maximum atomic E-state index is 9.58. The van der Waals surface area contributed by atoms with E-state index in [0.29, 0.717) is 18.2 Å². The van der Waals surface area contributed by atoms with Gasteiger partial charge in [-0.1, -0.05) is 6.07 Å². The molecule has 1 aliphatic rings. The zero-order valence-corrected chi connectivity index (χ0v) is 11.8. The average Bonchev–Trinajstić information content (AvgIpc) is 3.22. The van der Waals surface area contributed by atoms with Crippen LogP contribution in [0.1, 0.15) is 30.0 Å². The number of nitrogens with one attached hydrogen (secondary N) is 1. The van der Waals surface area contributed by atoms with Gasteiger partial charge >= 0.3 is 0 Å². The Hall–Kier alpha value is -2.17. The molecule has 1 saturated carbocycles. The quantitative estimate of drug-likeness (QED) is 0.879. The van der Waals surface area contributed by atoms with Gasteiger partial charge in [0.1, 0.15) is 5.82 Å². The smallest absolute Gasteiger partial charge is 0.160 e. The summed E-state index contributed by atoms with van der Waals surface area (Å²) < 4.78 is 6.99. The summed E-state index contributed by atoms with van der Waals surface area (Å²) >= 11 is 0. The standard InChI is InChI=1S/C15H19N3O2/c1-18-15(8-12(17-18)11-4-5-11)16-9-10-3-6-13(19)14(7-10)20-2/h3,6-8,11,16,19H,4-5,9H2,1-2H3. The minimum atomic E-state index is 0.160. The number of benzene rings is 1. The lowest BCUT2D eigenvalue weighted by molar-refractivity contribution is 0.373. The molecule has 0 atom stereocenters. The second-order valence-electron chi connectivity index (χ2n) is 5.21. The van der Waals surface area contributed by atoms with Gasteiger partial charge in [0.15, 0.2) is 11.5 Å². The Morgan fingerprint density at radius 1 is 1.40 bits per heavy atom. The number of ether oxygens (including phenoxy) is 1. The van der Waals surface area contributed by atoms with E-state index in [4.69, 9.17) is 4.74 Å². The van der Waals surface area contributed by atoms with Gasteiger partial charge in [-0.25, -0.2) is 0 Å². The molecule has 0 amide bonds. The maximum absolute atomic E-state index is 9.58. The number of phenolic OH excluding ortho intramolecular Hbond substituents is 1. The molecule has 2 aromatic rings. The first-order valence-electron chi connectivity index (χ1n) is 6.81. The van der Waals surface area contributed by atoms with E-state index in [0.717, 1.165) is 11.4 Å². The molecule has 0 aliphatic heterocycles. The van der Waals surface area contributed by atoms with E-state index in [1.54, 1.807) is 13.2 Å². The Bertz CT molecular complexity index is 618. The number of aromatic nitrogens is 2. The van der Waals surface area contributed by atoms with E-state index in [-0.39, 0.29) is 5.75 Å². The lowest BCUT2D eigenvalue weighted by Crippen LogP contribution is -2.04. The molecule has 0 saturated heterocycles. The van der Waals surface area contributed by atoms with Gasteiger partial charge in [-0.05, 0) is 30.5 Å². The first-order valence-corrected chi connectivity index (χ1v) is 6.81. The lowest BCUT2D eigenvalue weighted by Gasteiger charge is -2.09. The summed E-state index contributed by atoms with van der Waals surface area (Å²) in [5, 5.41) is 17.5. The van der Waals surface area contributed by atoms with Crippen molar-refractivity contribution in [1.82, 2.24) is 9.78 Å². The molecule has 0 spiro atoms. The number of phenols is 1. The summed E-state index contributed by atoms with van der Waals surface area (Å²) in [6.07, 6.45) is 2.51. The molecule has 1 heterocycles. The van der Waals surface area contributed by atoms with Gasteiger partial charge in [0.25, 0.3) is 0 Å². The van der Waals surface area contributed by atoms with E-state index in [1.165, 1.54) is 18.5 Å². The van der Waals surface area contributed by atoms with Gasteiger partial charge in [-0.3, -0.25) is 4.68 Å². The summed E-state index contributed by atoms with van der Waals surface area (Å²) in [6.45, 7) is 0.667. The predicted octanol–water partition coefficient (Wildman–Crippen LogP) is 2.62. The van der Waals surface area contributed by atoms with Crippen LogP contribution in [0.5, 0.6) is 11.5 Å². The van der Waals surface area contributed by atoms with Crippen LogP contribution in [0.2, 0.25) is 0 Å². The molecule has 20 heavy (non-hydrogen) atoms. The summed E-state index contributed by atoms with van der Waals surface area (Å²) in [7, 11) is 3.50. The molecule has 1 aromatic heterocycles. The second kappa shape index (κ2) is 5.07. The summed E-state index contributed by atoms with van der Waals surface area (Å²) in [5.74, 6) is 2.32. The van der Waals surface area contributed by atoms with Crippen LogP contribution in [0.25, 0.3) is 0 Å². The Labute approximate surface area is 118 Å². The second-order valence-corrected chi connectivity index (χ2v) is 5.21. The third-order valence-electron chi connectivity index (χ3n) is 3.61. The fourth-order valence-electron chi connectivity index (χ4n) is 2.26. The van der Waals surface area contributed by atoms with Crippen molar-refractivity contribution in [1.29, 1.82) is 0 Å². The SMILES string of the molecule is COc1cc(CNc2cc(C3CC3)nn2C)ccc1O. The van der Waals surface area contributed by atoms with Gasteiger partial charge in [0.05, 0.1) is 12.8 Å². The topological polar surface area (TPSA) is 59.3 Å². The highest BCUT2D eigenvalue weighted by molar-refractivity contribution is 5.44. The van der Waals surface area contributed by atoms with Crippen LogP contribution in [0.4, 0.5) is 5.82 Å². The van der Waals surface area contributed by atoms with Crippen molar-refractivity contribution in [3.05, 3.63) is 35.5 Å². The lowest BCUT2D eigenvalue weighted by atomic mass is 10.2. The zero-order chi connectivity index (χ0) is 14.1. The number of hydrogen-bond donors (Lipinski definition) is 2. The third-order valence-corrected chi connectivity index (χ3v) is 3.61. The van der Waals surface area contributed by atoms with Crippen molar-refractivity contribution in [3.8, 4) is 11.5 Å². The van der Waals surface area contributed by atoms with Crippen LogP contribution >= 0.6 is 0 Å². The number of anilines is 1. The molecule has 5 nitrogen and oxygen atoms in total. The number of aryl methyl sites for hydroxylation is 1. The highest BCUT2D eigenvalue weighted by atomic mass is 16.5. The van der Waals surface area contributed by atoms with Gasteiger partial charge in [0, 0.05) is 25.6 Å². The van der Waals surface area contributed by atoms with Gasteiger partial charge < -0.3 is 15.2 Å². The van der Waals surface area contributed by atoms with Crippen LogP contribution in [-0.2, 0) is 13.6 Å². The fourth-order valence-corrected chi connectivity index (χ4v) is 2.26. The van der Waals surface area contributed by atoms with Crippen molar-refractivity contribution in [2.24, 2.45) is 7.05 Å². The molecular formula is C15H19N3O2. The third kappa shape index (κ3) is 2.57. The highest BCUT2D eigenvalue weighted by Gasteiger charge is 2.26. The molecule has 1 aromatic carbocycles. The maximum Gasteiger partial charge on any atom is 0.160 e. The summed E-state index contributed by atoms with van der Waals surface area (Å²) in [6, 6.07) is 7.48. The minimum Gasteiger partial charge on any atom is -0.504 e. The molecule has 1 fully saturated rings. The van der Waals surface area contributed by atoms with E-state index in [2.05, 4.69) is 16.5 Å². The predicted molar refractivity (Wildman–Crippen MR) is 77.2 cm³/mol. The van der Waals surface area contributed by atoms with Crippen LogP contribution in [0.15, 0.2) is 24.3 Å². The van der Waals surface area contributed by atoms with Gasteiger partial charge in [-0.15, -0.1) is 0 Å². The van der Waals surface area contributed by atoms with Crippen molar-refractivity contribution in [3.63, 3.8) is 0 Å². The molecule has 5 heteroatoms. The Kier molecular flexibility index (Phi) is 3.26. The van der Waals surface area contributed by atoms with E-state index < -0.39 is 0 Å². The Balaban J connectivity index is 1.69. The van der Waals surface area contributed by atoms with E-state index in [1.807, 2.05) is 23.9 Å². The van der Waals surface area contributed by atoms with Crippen molar-refractivity contribution < 1.29 is 9.84 Å². The summed E-state index contributed by atoms with van der Waals surface area (Å²) in [5.41, 5.74) is 2.23. The largest absolute Gasteiger partial charge is 0.504 e. The van der Waals surface area contributed by atoms with Crippen LogP contribution in [-0.4, -0.2) is 22.0 Å². The number of methoxy groups -OCH3 is 1.